The van der Waals surface area contributed by atoms with Gasteiger partial charge in [-0.25, -0.2) is 0 Å². The van der Waals surface area contributed by atoms with E-state index in [1.807, 2.05) is 55.6 Å². The van der Waals surface area contributed by atoms with Crippen molar-refractivity contribution in [3.05, 3.63) is 54.2 Å². The van der Waals surface area contributed by atoms with Crippen molar-refractivity contribution in [2.75, 3.05) is 19.5 Å². The van der Waals surface area contributed by atoms with Gasteiger partial charge in [-0.1, -0.05) is 31.2 Å². The number of aromatic nitrogens is 1. The van der Waals surface area contributed by atoms with Gasteiger partial charge in [0.2, 0.25) is 5.91 Å². The molecule has 2 aromatic carbocycles. The molecule has 0 aliphatic rings. The van der Waals surface area contributed by atoms with E-state index in [0.717, 1.165) is 22.2 Å². The van der Waals surface area contributed by atoms with E-state index in [1.54, 1.807) is 14.2 Å². The number of methoxy groups -OCH3 is 2. The van der Waals surface area contributed by atoms with Crippen LogP contribution in [0.3, 0.4) is 0 Å². The van der Waals surface area contributed by atoms with Crippen LogP contribution in [0.5, 0.6) is 11.5 Å². The molecule has 1 unspecified atom stereocenters. The van der Waals surface area contributed by atoms with Gasteiger partial charge in [-0.3, -0.25) is 4.79 Å². The maximum absolute atomic E-state index is 12.6. The number of para-hydroxylation sites is 1. The Balaban J connectivity index is 1.70. The van der Waals surface area contributed by atoms with E-state index in [-0.39, 0.29) is 11.8 Å². The lowest BCUT2D eigenvalue weighted by atomic mass is 10.00. The molecule has 2 N–H and O–H groups in total. The molecule has 0 spiro atoms. The van der Waals surface area contributed by atoms with Gasteiger partial charge < -0.3 is 19.8 Å². The summed E-state index contributed by atoms with van der Waals surface area (Å²) in [5.74, 6) is 1.16. The summed E-state index contributed by atoms with van der Waals surface area (Å²) in [6, 6.07) is 13.6. The molecule has 1 heterocycles. The number of benzene rings is 2. The first-order valence-corrected chi connectivity index (χ1v) is 8.20. The molecule has 5 nitrogen and oxygen atoms in total. The number of hydrogen-bond donors (Lipinski definition) is 2. The van der Waals surface area contributed by atoms with Crippen molar-refractivity contribution >= 4 is 22.5 Å². The highest BCUT2D eigenvalue weighted by Gasteiger charge is 2.16. The van der Waals surface area contributed by atoms with Crippen LogP contribution in [-0.2, 0) is 11.2 Å². The Morgan fingerprint density at radius 1 is 1.12 bits per heavy atom. The second-order valence-electron chi connectivity index (χ2n) is 6.03. The van der Waals surface area contributed by atoms with E-state index in [9.17, 15) is 4.79 Å². The lowest BCUT2D eigenvalue weighted by molar-refractivity contribution is -0.119. The Labute approximate surface area is 147 Å². The summed E-state index contributed by atoms with van der Waals surface area (Å²) in [6.45, 7) is 1.92. The summed E-state index contributed by atoms with van der Waals surface area (Å²) in [6.07, 6.45) is 2.44. The van der Waals surface area contributed by atoms with Crippen LogP contribution in [0, 0.1) is 5.92 Å². The van der Waals surface area contributed by atoms with Crippen molar-refractivity contribution < 1.29 is 14.3 Å². The minimum absolute atomic E-state index is 0.0143. The van der Waals surface area contributed by atoms with Gasteiger partial charge in [-0.15, -0.1) is 0 Å². The van der Waals surface area contributed by atoms with Crippen LogP contribution in [0.25, 0.3) is 10.9 Å². The van der Waals surface area contributed by atoms with Crippen LogP contribution in [0.2, 0.25) is 0 Å². The van der Waals surface area contributed by atoms with Crippen molar-refractivity contribution in [3.8, 4) is 11.5 Å². The third-order valence-electron chi connectivity index (χ3n) is 4.28. The van der Waals surface area contributed by atoms with Gasteiger partial charge >= 0.3 is 0 Å². The van der Waals surface area contributed by atoms with Crippen LogP contribution >= 0.6 is 0 Å². The van der Waals surface area contributed by atoms with E-state index in [1.165, 1.54) is 0 Å². The van der Waals surface area contributed by atoms with Gasteiger partial charge in [0, 0.05) is 23.0 Å². The van der Waals surface area contributed by atoms with Gasteiger partial charge in [0.15, 0.2) is 11.5 Å². The van der Waals surface area contributed by atoms with E-state index < -0.39 is 0 Å². The minimum Gasteiger partial charge on any atom is -0.493 e. The van der Waals surface area contributed by atoms with Gasteiger partial charge in [-0.2, -0.15) is 0 Å². The molecule has 3 rings (SSSR count). The van der Waals surface area contributed by atoms with Crippen molar-refractivity contribution in [1.82, 2.24) is 4.98 Å². The minimum atomic E-state index is -0.174. The number of rotatable bonds is 6. The molecule has 1 aromatic heterocycles. The summed E-state index contributed by atoms with van der Waals surface area (Å²) in [5, 5.41) is 4.02. The molecule has 0 saturated carbocycles. The van der Waals surface area contributed by atoms with Crippen molar-refractivity contribution in [1.29, 1.82) is 0 Å². The standard InChI is InChI=1S/C20H22N2O3/c1-13(10-14-8-9-18(24-2)19(11-14)25-3)20(23)22-17-12-21-16-7-5-4-6-15(16)17/h4-9,11-13,21H,10H2,1-3H3,(H,22,23). The largest absolute Gasteiger partial charge is 0.493 e. The number of fused-ring (bicyclic) bond motifs is 1. The summed E-state index contributed by atoms with van der Waals surface area (Å²) >= 11 is 0. The molecular weight excluding hydrogens is 316 g/mol. The Hall–Kier alpha value is -2.95. The summed E-state index contributed by atoms with van der Waals surface area (Å²) in [4.78, 5) is 15.7. The summed E-state index contributed by atoms with van der Waals surface area (Å²) in [7, 11) is 3.21. The van der Waals surface area contributed by atoms with Gasteiger partial charge in [0.1, 0.15) is 0 Å². The molecule has 1 atom stereocenters. The topological polar surface area (TPSA) is 63.3 Å². The SMILES string of the molecule is COc1ccc(CC(C)C(=O)Nc2c[nH]c3ccccc23)cc1OC. The van der Waals surface area contributed by atoms with E-state index in [0.29, 0.717) is 17.9 Å². The number of H-pyrrole nitrogens is 1. The number of aromatic amines is 1. The molecule has 0 fully saturated rings. The van der Waals surface area contributed by atoms with Gasteiger partial charge in [0.05, 0.1) is 19.9 Å². The second-order valence-corrected chi connectivity index (χ2v) is 6.03. The molecule has 0 bridgehead atoms. The van der Waals surface area contributed by atoms with Crippen LogP contribution in [-0.4, -0.2) is 25.1 Å². The molecule has 1 amide bonds. The van der Waals surface area contributed by atoms with Crippen LogP contribution in [0.4, 0.5) is 5.69 Å². The smallest absolute Gasteiger partial charge is 0.227 e. The Kier molecular flexibility index (Phi) is 4.93. The molecule has 130 valence electrons. The maximum Gasteiger partial charge on any atom is 0.227 e. The second kappa shape index (κ2) is 7.30. The fourth-order valence-electron chi connectivity index (χ4n) is 2.88. The Morgan fingerprint density at radius 3 is 2.64 bits per heavy atom. The van der Waals surface area contributed by atoms with E-state index >= 15 is 0 Å². The highest BCUT2D eigenvalue weighted by Crippen LogP contribution is 2.29. The highest BCUT2D eigenvalue weighted by molar-refractivity contribution is 6.02. The molecule has 0 aliphatic heterocycles. The first kappa shape index (κ1) is 16.9. The fraction of sp³-hybridized carbons (Fsp3) is 0.250. The van der Waals surface area contributed by atoms with Gasteiger partial charge in [0.25, 0.3) is 0 Å². The van der Waals surface area contributed by atoms with E-state index in [2.05, 4.69) is 10.3 Å². The number of hydrogen-bond acceptors (Lipinski definition) is 3. The van der Waals surface area contributed by atoms with Crippen LogP contribution < -0.4 is 14.8 Å². The zero-order chi connectivity index (χ0) is 17.8. The van der Waals surface area contributed by atoms with Gasteiger partial charge in [-0.05, 0) is 30.2 Å². The number of carbonyl (C=O) groups is 1. The predicted molar refractivity (Wildman–Crippen MR) is 99.3 cm³/mol. The lowest BCUT2D eigenvalue weighted by Crippen LogP contribution is -2.22. The molecule has 0 aliphatic carbocycles. The van der Waals surface area contributed by atoms with Crippen molar-refractivity contribution in [2.45, 2.75) is 13.3 Å². The molecule has 0 saturated heterocycles. The number of amides is 1. The fourth-order valence-corrected chi connectivity index (χ4v) is 2.88. The molecule has 3 aromatic rings. The average molecular weight is 338 g/mol. The number of nitrogens with one attached hydrogen (secondary N) is 2. The van der Waals surface area contributed by atoms with E-state index in [4.69, 9.17) is 9.47 Å². The maximum atomic E-state index is 12.6. The molecule has 25 heavy (non-hydrogen) atoms. The number of anilines is 1. The monoisotopic (exact) mass is 338 g/mol. The number of ether oxygens (including phenoxy) is 2. The van der Waals surface area contributed by atoms with Crippen molar-refractivity contribution in [2.24, 2.45) is 5.92 Å². The molecular formula is C20H22N2O3. The Bertz CT molecular complexity index is 886. The van der Waals surface area contributed by atoms with Crippen LogP contribution in [0.15, 0.2) is 48.7 Å². The third-order valence-corrected chi connectivity index (χ3v) is 4.28. The quantitative estimate of drug-likeness (QED) is 0.714. The third kappa shape index (κ3) is 3.60. The summed E-state index contributed by atoms with van der Waals surface area (Å²) < 4.78 is 10.6. The predicted octanol–water partition coefficient (Wildman–Crippen LogP) is 4.00. The average Bonchev–Trinajstić information content (AvgIpc) is 3.04. The first-order chi connectivity index (χ1) is 12.1. The lowest BCUT2D eigenvalue weighted by Gasteiger charge is -2.14. The first-order valence-electron chi connectivity index (χ1n) is 8.20. The van der Waals surface area contributed by atoms with Crippen molar-refractivity contribution in [3.63, 3.8) is 0 Å². The Morgan fingerprint density at radius 2 is 1.88 bits per heavy atom. The molecule has 0 radical (unpaired) electrons. The summed E-state index contributed by atoms with van der Waals surface area (Å²) in [5.41, 5.74) is 2.84. The highest BCUT2D eigenvalue weighted by atomic mass is 16.5. The number of carbonyl (C=O) groups excluding carboxylic acids is 1. The molecule has 5 heteroatoms. The van der Waals surface area contributed by atoms with Crippen LogP contribution in [0.1, 0.15) is 12.5 Å². The zero-order valence-corrected chi connectivity index (χ0v) is 14.6. The zero-order valence-electron chi connectivity index (χ0n) is 14.6. The normalized spacial score (nSPS) is 12.0.